The van der Waals surface area contributed by atoms with Gasteiger partial charge in [0, 0.05) is 18.8 Å². The zero-order chi connectivity index (χ0) is 10.6. The van der Waals surface area contributed by atoms with Gasteiger partial charge in [-0.25, -0.2) is 9.97 Å². The van der Waals surface area contributed by atoms with E-state index < -0.39 is 0 Å². The number of aromatic nitrogens is 2. The van der Waals surface area contributed by atoms with Gasteiger partial charge in [-0.05, 0) is 13.8 Å². The second-order valence-electron chi connectivity index (χ2n) is 3.21. The number of rotatable bonds is 3. The predicted molar refractivity (Wildman–Crippen MR) is 60.0 cm³/mol. The number of hydrogen-bond donors (Lipinski definition) is 2. The van der Waals surface area contributed by atoms with Crippen molar-refractivity contribution in [3.8, 4) is 0 Å². The third-order valence-corrected chi connectivity index (χ3v) is 1.74. The summed E-state index contributed by atoms with van der Waals surface area (Å²) < 4.78 is 0. The highest BCUT2D eigenvalue weighted by atomic mass is 35.5. The largest absolute Gasteiger partial charge is 0.350 e. The van der Waals surface area contributed by atoms with E-state index in [-0.39, 0.29) is 24.4 Å². The minimum absolute atomic E-state index is 0. The van der Waals surface area contributed by atoms with E-state index in [2.05, 4.69) is 15.3 Å². The van der Waals surface area contributed by atoms with Crippen molar-refractivity contribution in [3.05, 3.63) is 23.8 Å². The molecular formula is C9H15ClN4O. The van der Waals surface area contributed by atoms with Gasteiger partial charge in [-0.2, -0.15) is 0 Å². The summed E-state index contributed by atoms with van der Waals surface area (Å²) in [7, 11) is 0. The summed E-state index contributed by atoms with van der Waals surface area (Å²) in [4.78, 5) is 19.2. The Morgan fingerprint density at radius 2 is 2.33 bits per heavy atom. The van der Waals surface area contributed by atoms with Gasteiger partial charge < -0.3 is 11.1 Å². The summed E-state index contributed by atoms with van der Waals surface area (Å²) in [6, 6.07) is -0.0520. The van der Waals surface area contributed by atoms with Crippen LogP contribution in [0, 0.1) is 6.92 Å². The number of halogens is 1. The molecule has 0 spiro atoms. The van der Waals surface area contributed by atoms with Gasteiger partial charge in [0.25, 0.3) is 5.91 Å². The van der Waals surface area contributed by atoms with Crippen molar-refractivity contribution in [3.63, 3.8) is 0 Å². The maximum atomic E-state index is 11.5. The fraction of sp³-hybridized carbons (Fsp3) is 0.444. The van der Waals surface area contributed by atoms with Crippen LogP contribution in [0.3, 0.4) is 0 Å². The molecule has 0 aliphatic rings. The van der Waals surface area contributed by atoms with Crippen LogP contribution >= 0.6 is 12.4 Å². The number of nitrogens with one attached hydrogen (secondary N) is 1. The molecule has 0 saturated carbocycles. The predicted octanol–water partition coefficient (Wildman–Crippen LogP) is 0.284. The standard InChI is InChI=1S/C9H14N4O.ClH/c1-6(10)3-12-9(14)8-4-11-5-13-7(8)2;/h4-6H,3,10H2,1-2H3,(H,12,14);1H. The second kappa shape index (κ2) is 6.31. The van der Waals surface area contributed by atoms with Crippen molar-refractivity contribution in [2.24, 2.45) is 5.73 Å². The Hall–Kier alpha value is -1.20. The minimum atomic E-state index is -0.180. The lowest BCUT2D eigenvalue weighted by molar-refractivity contribution is 0.0950. The lowest BCUT2D eigenvalue weighted by Gasteiger charge is -2.08. The summed E-state index contributed by atoms with van der Waals surface area (Å²) in [5.74, 6) is -0.180. The van der Waals surface area contributed by atoms with Crippen LogP contribution in [0.15, 0.2) is 12.5 Å². The minimum Gasteiger partial charge on any atom is -0.350 e. The number of nitrogens with zero attached hydrogens (tertiary/aromatic N) is 2. The summed E-state index contributed by atoms with van der Waals surface area (Å²) in [5, 5.41) is 2.70. The summed E-state index contributed by atoms with van der Waals surface area (Å²) >= 11 is 0. The third-order valence-electron chi connectivity index (χ3n) is 1.74. The molecule has 6 heteroatoms. The molecule has 0 saturated heterocycles. The summed E-state index contributed by atoms with van der Waals surface area (Å²) in [6.45, 7) is 4.05. The van der Waals surface area contributed by atoms with Crippen LogP contribution in [0.5, 0.6) is 0 Å². The Bertz CT molecular complexity index is 330. The molecular weight excluding hydrogens is 216 g/mol. The molecule has 84 valence electrons. The lowest BCUT2D eigenvalue weighted by atomic mass is 10.2. The van der Waals surface area contributed by atoms with Gasteiger partial charge in [0.15, 0.2) is 0 Å². The van der Waals surface area contributed by atoms with Crippen LogP contribution in [0.2, 0.25) is 0 Å². The van der Waals surface area contributed by atoms with Gasteiger partial charge in [0.05, 0.1) is 11.3 Å². The van der Waals surface area contributed by atoms with E-state index in [9.17, 15) is 4.79 Å². The molecule has 0 bridgehead atoms. The van der Waals surface area contributed by atoms with E-state index in [0.717, 1.165) is 0 Å². The molecule has 0 aromatic carbocycles. The Labute approximate surface area is 94.9 Å². The molecule has 3 N–H and O–H groups in total. The van der Waals surface area contributed by atoms with Gasteiger partial charge >= 0.3 is 0 Å². The maximum absolute atomic E-state index is 11.5. The SMILES string of the molecule is Cc1ncncc1C(=O)NCC(C)N.Cl. The Balaban J connectivity index is 0.00000196. The Morgan fingerprint density at radius 1 is 1.67 bits per heavy atom. The first-order chi connectivity index (χ1) is 6.61. The number of amides is 1. The molecule has 1 rings (SSSR count). The van der Waals surface area contributed by atoms with Crippen LogP contribution in [0.1, 0.15) is 23.0 Å². The molecule has 15 heavy (non-hydrogen) atoms. The van der Waals surface area contributed by atoms with Crippen LogP contribution in [-0.2, 0) is 0 Å². The van der Waals surface area contributed by atoms with Crippen LogP contribution in [0.25, 0.3) is 0 Å². The highest BCUT2D eigenvalue weighted by Crippen LogP contribution is 2.00. The number of carbonyl (C=O) groups is 1. The molecule has 0 aliphatic heterocycles. The Morgan fingerprint density at radius 3 is 2.87 bits per heavy atom. The molecule has 1 unspecified atom stereocenters. The van der Waals surface area contributed by atoms with Gasteiger partial charge in [0.2, 0.25) is 0 Å². The van der Waals surface area contributed by atoms with Gasteiger partial charge in [-0.3, -0.25) is 4.79 Å². The number of aryl methyl sites for hydroxylation is 1. The molecule has 1 heterocycles. The third kappa shape index (κ3) is 4.22. The summed E-state index contributed by atoms with van der Waals surface area (Å²) in [5.41, 5.74) is 6.67. The monoisotopic (exact) mass is 230 g/mol. The highest BCUT2D eigenvalue weighted by molar-refractivity contribution is 5.94. The number of carbonyl (C=O) groups excluding carboxylic acids is 1. The lowest BCUT2D eigenvalue weighted by Crippen LogP contribution is -2.35. The van der Waals surface area contributed by atoms with E-state index in [1.807, 2.05) is 6.92 Å². The molecule has 0 fully saturated rings. The average molecular weight is 231 g/mol. The molecule has 1 aromatic heterocycles. The van der Waals surface area contributed by atoms with Gasteiger partial charge in [-0.1, -0.05) is 0 Å². The van der Waals surface area contributed by atoms with Crippen molar-refractivity contribution in [1.82, 2.24) is 15.3 Å². The van der Waals surface area contributed by atoms with E-state index >= 15 is 0 Å². The molecule has 0 radical (unpaired) electrons. The molecule has 0 aliphatic carbocycles. The first-order valence-corrected chi connectivity index (χ1v) is 4.41. The normalized spacial score (nSPS) is 11.4. The fourth-order valence-electron chi connectivity index (χ4n) is 0.963. The number of nitrogens with two attached hydrogens (primary N) is 1. The van der Waals surface area contributed by atoms with E-state index in [1.165, 1.54) is 12.5 Å². The van der Waals surface area contributed by atoms with Crippen molar-refractivity contribution in [2.75, 3.05) is 6.54 Å². The van der Waals surface area contributed by atoms with Crippen LogP contribution in [0.4, 0.5) is 0 Å². The summed E-state index contributed by atoms with van der Waals surface area (Å²) in [6.07, 6.45) is 2.91. The van der Waals surface area contributed by atoms with E-state index in [0.29, 0.717) is 17.8 Å². The molecule has 1 amide bonds. The van der Waals surface area contributed by atoms with Crippen LogP contribution < -0.4 is 11.1 Å². The number of hydrogen-bond acceptors (Lipinski definition) is 4. The topological polar surface area (TPSA) is 80.9 Å². The van der Waals surface area contributed by atoms with Gasteiger partial charge in [0.1, 0.15) is 6.33 Å². The van der Waals surface area contributed by atoms with Crippen molar-refractivity contribution in [1.29, 1.82) is 0 Å². The Kier molecular flexibility index (Phi) is 5.81. The average Bonchev–Trinajstić information content (AvgIpc) is 2.15. The van der Waals surface area contributed by atoms with Crippen molar-refractivity contribution in [2.45, 2.75) is 19.9 Å². The van der Waals surface area contributed by atoms with E-state index in [4.69, 9.17) is 5.73 Å². The first kappa shape index (κ1) is 13.8. The fourth-order valence-corrected chi connectivity index (χ4v) is 0.963. The second-order valence-corrected chi connectivity index (χ2v) is 3.21. The zero-order valence-corrected chi connectivity index (χ0v) is 9.54. The smallest absolute Gasteiger partial charge is 0.254 e. The van der Waals surface area contributed by atoms with Gasteiger partial charge in [-0.15, -0.1) is 12.4 Å². The highest BCUT2D eigenvalue weighted by Gasteiger charge is 2.09. The first-order valence-electron chi connectivity index (χ1n) is 4.41. The van der Waals surface area contributed by atoms with Crippen molar-refractivity contribution >= 4 is 18.3 Å². The molecule has 1 aromatic rings. The van der Waals surface area contributed by atoms with E-state index in [1.54, 1.807) is 6.92 Å². The molecule has 5 nitrogen and oxygen atoms in total. The zero-order valence-electron chi connectivity index (χ0n) is 8.73. The molecule has 1 atom stereocenters. The van der Waals surface area contributed by atoms with Crippen molar-refractivity contribution < 1.29 is 4.79 Å². The maximum Gasteiger partial charge on any atom is 0.254 e. The quantitative estimate of drug-likeness (QED) is 0.782. The van der Waals surface area contributed by atoms with Crippen LogP contribution in [-0.4, -0.2) is 28.5 Å².